The molecule has 0 aromatic heterocycles. The molecular weight excluding hydrogens is 284 g/mol. The summed E-state index contributed by atoms with van der Waals surface area (Å²) in [5, 5.41) is 2.50. The highest BCUT2D eigenvalue weighted by Crippen LogP contribution is 2.31. The molecule has 0 bridgehead atoms. The van der Waals surface area contributed by atoms with Gasteiger partial charge in [-0.1, -0.05) is 30.3 Å². The fourth-order valence-corrected chi connectivity index (χ4v) is 2.47. The van der Waals surface area contributed by atoms with E-state index in [-0.39, 0.29) is 6.04 Å². The van der Waals surface area contributed by atoms with Crippen LogP contribution in [0.5, 0.6) is 0 Å². The molecule has 1 aliphatic rings. The van der Waals surface area contributed by atoms with Crippen LogP contribution in [0.1, 0.15) is 32.6 Å². The predicted molar refractivity (Wildman–Crippen MR) is 79.4 cm³/mol. The zero-order valence-corrected chi connectivity index (χ0v) is 12.9. The van der Waals surface area contributed by atoms with E-state index in [2.05, 4.69) is 5.32 Å². The van der Waals surface area contributed by atoms with Crippen molar-refractivity contribution in [1.82, 2.24) is 10.2 Å². The Labute approximate surface area is 129 Å². The molecule has 2 amide bonds. The van der Waals surface area contributed by atoms with Gasteiger partial charge in [0.25, 0.3) is 0 Å². The second-order valence-corrected chi connectivity index (χ2v) is 5.37. The summed E-state index contributed by atoms with van der Waals surface area (Å²) in [6.45, 7) is 5.72. The van der Waals surface area contributed by atoms with Crippen LogP contribution in [-0.4, -0.2) is 35.3 Å². The lowest BCUT2D eigenvalue weighted by Crippen LogP contribution is -2.56. The number of rotatable bonds is 4. The van der Waals surface area contributed by atoms with Crippen LogP contribution in [0.25, 0.3) is 0 Å². The highest BCUT2D eigenvalue weighted by atomic mass is 16.6. The molecule has 0 spiro atoms. The third-order valence-corrected chi connectivity index (χ3v) is 3.47. The van der Waals surface area contributed by atoms with Gasteiger partial charge in [-0.2, -0.15) is 0 Å². The number of amides is 2. The monoisotopic (exact) mass is 304 g/mol. The number of esters is 1. The van der Waals surface area contributed by atoms with Crippen molar-refractivity contribution in [3.63, 3.8) is 0 Å². The Kier molecular flexibility index (Phi) is 4.80. The molecule has 6 nitrogen and oxygen atoms in total. The average molecular weight is 304 g/mol. The second kappa shape index (κ2) is 6.60. The minimum Gasteiger partial charge on any atom is -0.436 e. The first-order valence-electron chi connectivity index (χ1n) is 7.32. The van der Waals surface area contributed by atoms with E-state index in [0.29, 0.717) is 12.1 Å². The lowest BCUT2D eigenvalue weighted by atomic mass is 10.0. The topological polar surface area (TPSA) is 75.7 Å². The van der Waals surface area contributed by atoms with Gasteiger partial charge in [0.05, 0.1) is 0 Å². The minimum atomic E-state index is -1.43. The van der Waals surface area contributed by atoms with Crippen LogP contribution < -0.4 is 5.32 Å². The maximum atomic E-state index is 12.6. The Hall–Kier alpha value is -2.37. The van der Waals surface area contributed by atoms with Crippen LogP contribution in [0, 0.1) is 5.92 Å². The minimum absolute atomic E-state index is 0.206. The van der Waals surface area contributed by atoms with Crippen LogP contribution in [-0.2, 0) is 19.1 Å². The first-order chi connectivity index (χ1) is 10.5. The van der Waals surface area contributed by atoms with Crippen LogP contribution in [0.4, 0.5) is 0 Å². The van der Waals surface area contributed by atoms with Crippen LogP contribution in [0.15, 0.2) is 30.3 Å². The summed E-state index contributed by atoms with van der Waals surface area (Å²) in [5.41, 5.74) is 0.701. The molecule has 2 rings (SSSR count). The first-order valence-corrected chi connectivity index (χ1v) is 7.32. The van der Waals surface area contributed by atoms with E-state index in [1.54, 1.807) is 19.1 Å². The van der Waals surface area contributed by atoms with Gasteiger partial charge in [0, 0.05) is 18.2 Å². The molecule has 2 unspecified atom stereocenters. The number of ether oxygens (including phenoxy) is 1. The summed E-state index contributed by atoms with van der Waals surface area (Å²) in [4.78, 5) is 38.2. The van der Waals surface area contributed by atoms with Crippen LogP contribution >= 0.6 is 0 Å². The smallest absolute Gasteiger partial charge is 0.330 e. The largest absolute Gasteiger partial charge is 0.436 e. The molecule has 118 valence electrons. The van der Waals surface area contributed by atoms with Crippen molar-refractivity contribution in [3.8, 4) is 0 Å². The summed E-state index contributed by atoms with van der Waals surface area (Å²) in [6, 6.07) is 8.82. The van der Waals surface area contributed by atoms with Crippen molar-refractivity contribution in [2.75, 3.05) is 6.54 Å². The van der Waals surface area contributed by atoms with Crippen molar-refractivity contribution >= 4 is 17.8 Å². The van der Waals surface area contributed by atoms with Crippen molar-refractivity contribution in [1.29, 1.82) is 0 Å². The van der Waals surface area contributed by atoms with E-state index in [1.807, 2.05) is 32.0 Å². The number of cyclic esters (lactones) is 1. The van der Waals surface area contributed by atoms with Crippen molar-refractivity contribution in [2.45, 2.75) is 33.0 Å². The number of benzene rings is 1. The van der Waals surface area contributed by atoms with E-state index in [9.17, 15) is 14.4 Å². The molecule has 6 heteroatoms. The van der Waals surface area contributed by atoms with E-state index >= 15 is 0 Å². The Bertz CT molecular complexity index is 571. The number of hydrogen-bond donors (Lipinski definition) is 1. The Morgan fingerprint density at radius 1 is 1.27 bits per heavy atom. The lowest BCUT2D eigenvalue weighted by molar-refractivity contribution is -0.191. The molecule has 1 aromatic rings. The van der Waals surface area contributed by atoms with Gasteiger partial charge in [-0.15, -0.1) is 0 Å². The summed E-state index contributed by atoms with van der Waals surface area (Å²) >= 11 is 0. The molecule has 1 saturated heterocycles. The normalized spacial score (nSPS) is 21.7. The SMILES string of the molecule is CCNC(=O)C1C(=O)OC(c2ccccc2)N(C(C)C)C1=O. The van der Waals surface area contributed by atoms with E-state index < -0.39 is 29.9 Å². The molecule has 1 N–H and O–H groups in total. The quantitative estimate of drug-likeness (QED) is 0.670. The second-order valence-electron chi connectivity index (χ2n) is 5.37. The highest BCUT2D eigenvalue weighted by molar-refractivity contribution is 6.16. The third kappa shape index (κ3) is 2.95. The van der Waals surface area contributed by atoms with E-state index in [1.165, 1.54) is 4.90 Å². The molecule has 22 heavy (non-hydrogen) atoms. The van der Waals surface area contributed by atoms with Gasteiger partial charge in [0.2, 0.25) is 24.0 Å². The zero-order chi connectivity index (χ0) is 16.3. The van der Waals surface area contributed by atoms with E-state index in [0.717, 1.165) is 0 Å². The number of nitrogens with one attached hydrogen (secondary N) is 1. The molecule has 0 radical (unpaired) electrons. The maximum Gasteiger partial charge on any atom is 0.330 e. The third-order valence-electron chi connectivity index (χ3n) is 3.47. The fourth-order valence-electron chi connectivity index (χ4n) is 2.47. The highest BCUT2D eigenvalue weighted by Gasteiger charge is 2.48. The summed E-state index contributed by atoms with van der Waals surface area (Å²) < 4.78 is 5.40. The summed E-state index contributed by atoms with van der Waals surface area (Å²) in [7, 11) is 0. The molecule has 2 atom stereocenters. The van der Waals surface area contributed by atoms with E-state index in [4.69, 9.17) is 4.74 Å². The number of carbonyl (C=O) groups excluding carboxylic acids is 3. The Morgan fingerprint density at radius 2 is 1.91 bits per heavy atom. The molecule has 1 aliphatic heterocycles. The predicted octanol–water partition coefficient (Wildman–Crippen LogP) is 1.23. The van der Waals surface area contributed by atoms with Crippen molar-refractivity contribution in [2.24, 2.45) is 5.92 Å². The van der Waals surface area contributed by atoms with Crippen molar-refractivity contribution < 1.29 is 19.1 Å². The van der Waals surface area contributed by atoms with Crippen LogP contribution in [0.2, 0.25) is 0 Å². The molecule has 0 aliphatic carbocycles. The average Bonchev–Trinajstić information content (AvgIpc) is 2.47. The van der Waals surface area contributed by atoms with Gasteiger partial charge < -0.3 is 10.1 Å². The van der Waals surface area contributed by atoms with Crippen molar-refractivity contribution in [3.05, 3.63) is 35.9 Å². The molecule has 1 aromatic carbocycles. The Morgan fingerprint density at radius 3 is 2.45 bits per heavy atom. The first kappa shape index (κ1) is 16.0. The van der Waals surface area contributed by atoms with Gasteiger partial charge in [0.1, 0.15) is 0 Å². The summed E-state index contributed by atoms with van der Waals surface area (Å²) in [6.07, 6.45) is -0.799. The number of nitrogens with zero attached hydrogens (tertiary/aromatic N) is 1. The summed E-state index contributed by atoms with van der Waals surface area (Å²) in [5.74, 6) is -3.37. The molecular formula is C16H20N2O4. The van der Waals surface area contributed by atoms with Crippen LogP contribution in [0.3, 0.4) is 0 Å². The fraction of sp³-hybridized carbons (Fsp3) is 0.438. The van der Waals surface area contributed by atoms with Gasteiger partial charge in [-0.05, 0) is 20.8 Å². The lowest BCUT2D eigenvalue weighted by Gasteiger charge is -2.40. The van der Waals surface area contributed by atoms with Gasteiger partial charge >= 0.3 is 5.97 Å². The molecule has 1 heterocycles. The van der Waals surface area contributed by atoms with Gasteiger partial charge in [0.15, 0.2) is 0 Å². The molecule has 1 fully saturated rings. The maximum absolute atomic E-state index is 12.6. The van der Waals surface area contributed by atoms with Gasteiger partial charge in [-0.3, -0.25) is 19.3 Å². The number of carbonyl (C=O) groups is 3. The molecule has 0 saturated carbocycles. The zero-order valence-electron chi connectivity index (χ0n) is 12.9. The number of hydrogen-bond acceptors (Lipinski definition) is 4. The standard InChI is InChI=1S/C16H20N2O4/c1-4-17-13(19)12-14(20)18(10(2)3)15(22-16(12)21)11-8-6-5-7-9-11/h5-10,12,15H,4H2,1-3H3,(H,17,19). The Balaban J connectivity index is 2.35. The van der Waals surface area contributed by atoms with Gasteiger partial charge in [-0.25, -0.2) is 0 Å².